The minimum Gasteiger partial charge on any atom is -0.480 e. The lowest BCUT2D eigenvalue weighted by Crippen LogP contribution is -2.20. The Bertz CT molecular complexity index is 780. The third-order valence-electron chi connectivity index (χ3n) is 2.86. The van der Waals surface area contributed by atoms with E-state index in [1.807, 2.05) is 0 Å². The first kappa shape index (κ1) is 18.5. The van der Waals surface area contributed by atoms with Gasteiger partial charge in [0.15, 0.2) is 13.2 Å². The van der Waals surface area contributed by atoms with Gasteiger partial charge in [-0.15, -0.1) is 0 Å². The molecular formula is C16H10Cl3FO4. The Morgan fingerprint density at radius 3 is 2.33 bits per heavy atom. The number of halogens is 4. The Labute approximate surface area is 152 Å². The number of ketones is 1. The van der Waals surface area contributed by atoms with Crippen LogP contribution in [0.25, 0.3) is 0 Å². The first-order chi connectivity index (χ1) is 11.4. The van der Waals surface area contributed by atoms with Gasteiger partial charge >= 0.3 is 5.97 Å². The molecule has 24 heavy (non-hydrogen) atoms. The fourth-order valence-corrected chi connectivity index (χ4v) is 2.30. The summed E-state index contributed by atoms with van der Waals surface area (Å²) >= 11 is 17.5. The molecule has 0 heterocycles. The number of carbonyl (C=O) groups is 2. The second-order valence-corrected chi connectivity index (χ2v) is 5.77. The van der Waals surface area contributed by atoms with E-state index in [-0.39, 0.29) is 26.4 Å². The van der Waals surface area contributed by atoms with Gasteiger partial charge in [0.1, 0.15) is 11.6 Å². The predicted octanol–water partition coefficient (Wildman–Crippen LogP) is 4.59. The summed E-state index contributed by atoms with van der Waals surface area (Å²) in [5.41, 5.74) is -0.154. The second-order valence-electron chi connectivity index (χ2n) is 4.55. The molecule has 0 saturated carbocycles. The Morgan fingerprint density at radius 1 is 0.958 bits per heavy atom. The van der Waals surface area contributed by atoms with Crippen LogP contribution in [0, 0.1) is 5.82 Å². The van der Waals surface area contributed by atoms with Crippen LogP contribution < -0.4 is 4.74 Å². The largest absolute Gasteiger partial charge is 0.480 e. The van der Waals surface area contributed by atoms with Gasteiger partial charge in [0.25, 0.3) is 0 Å². The van der Waals surface area contributed by atoms with Gasteiger partial charge in [0.2, 0.25) is 5.78 Å². The Hall–Kier alpha value is -1.82. The van der Waals surface area contributed by atoms with Crippen molar-refractivity contribution in [3.8, 4) is 5.75 Å². The average Bonchev–Trinajstić information content (AvgIpc) is 2.55. The third kappa shape index (κ3) is 4.84. The molecule has 0 unspecified atom stereocenters. The molecule has 0 N–H and O–H groups in total. The Kier molecular flexibility index (Phi) is 6.43. The summed E-state index contributed by atoms with van der Waals surface area (Å²) < 4.78 is 23.3. The van der Waals surface area contributed by atoms with Crippen molar-refractivity contribution in [1.29, 1.82) is 0 Å². The van der Waals surface area contributed by atoms with Crippen molar-refractivity contribution >= 4 is 46.6 Å². The molecule has 2 aromatic carbocycles. The van der Waals surface area contributed by atoms with Gasteiger partial charge < -0.3 is 9.47 Å². The maximum Gasteiger partial charge on any atom is 0.344 e. The molecule has 0 aliphatic rings. The highest BCUT2D eigenvalue weighted by Gasteiger charge is 2.15. The third-order valence-corrected chi connectivity index (χ3v) is 3.88. The fourth-order valence-electron chi connectivity index (χ4n) is 1.70. The van der Waals surface area contributed by atoms with Gasteiger partial charge in [-0.2, -0.15) is 0 Å². The van der Waals surface area contributed by atoms with Crippen molar-refractivity contribution in [2.45, 2.75) is 0 Å². The van der Waals surface area contributed by atoms with Crippen LogP contribution in [-0.4, -0.2) is 25.0 Å². The van der Waals surface area contributed by atoms with Crippen molar-refractivity contribution < 1.29 is 23.5 Å². The van der Waals surface area contributed by atoms with E-state index in [1.165, 1.54) is 30.3 Å². The van der Waals surface area contributed by atoms with Gasteiger partial charge in [-0.25, -0.2) is 9.18 Å². The quantitative estimate of drug-likeness (QED) is 0.410. The van der Waals surface area contributed by atoms with Gasteiger partial charge in [-0.3, -0.25) is 4.79 Å². The maximum atomic E-state index is 13.4. The first-order valence-electron chi connectivity index (χ1n) is 6.59. The van der Waals surface area contributed by atoms with Crippen LogP contribution in [0.2, 0.25) is 15.1 Å². The molecule has 8 heteroatoms. The van der Waals surface area contributed by atoms with E-state index in [4.69, 9.17) is 44.3 Å². The predicted molar refractivity (Wildman–Crippen MR) is 88.7 cm³/mol. The molecule has 2 rings (SSSR count). The summed E-state index contributed by atoms with van der Waals surface area (Å²) in [6.45, 7) is -1.10. The lowest BCUT2D eigenvalue weighted by molar-refractivity contribution is -0.144. The molecule has 0 aromatic heterocycles. The summed E-state index contributed by atoms with van der Waals surface area (Å²) in [6, 6.07) is 8.13. The molecule has 2 aromatic rings. The monoisotopic (exact) mass is 390 g/mol. The minimum atomic E-state index is -0.818. The molecule has 0 fully saturated rings. The van der Waals surface area contributed by atoms with Gasteiger partial charge in [0.05, 0.1) is 20.6 Å². The molecule has 0 atom stereocenters. The topological polar surface area (TPSA) is 52.6 Å². The highest BCUT2D eigenvalue weighted by atomic mass is 35.5. The summed E-state index contributed by atoms with van der Waals surface area (Å²) in [7, 11) is 0. The van der Waals surface area contributed by atoms with Crippen LogP contribution in [0.15, 0.2) is 36.4 Å². The number of hydrogen-bond acceptors (Lipinski definition) is 4. The molecular weight excluding hydrogens is 382 g/mol. The smallest absolute Gasteiger partial charge is 0.344 e. The van der Waals surface area contributed by atoms with Crippen LogP contribution in [0.3, 0.4) is 0 Å². The number of esters is 1. The van der Waals surface area contributed by atoms with Crippen LogP contribution in [0.1, 0.15) is 10.4 Å². The lowest BCUT2D eigenvalue weighted by atomic mass is 10.1. The molecule has 0 spiro atoms. The maximum absolute atomic E-state index is 13.4. The van der Waals surface area contributed by atoms with E-state index in [0.717, 1.165) is 6.07 Å². The first-order valence-corrected chi connectivity index (χ1v) is 7.72. The molecule has 0 aliphatic carbocycles. The van der Waals surface area contributed by atoms with Crippen molar-refractivity contribution in [2.24, 2.45) is 0 Å². The molecule has 0 bridgehead atoms. The van der Waals surface area contributed by atoms with E-state index in [2.05, 4.69) is 0 Å². The number of benzene rings is 2. The van der Waals surface area contributed by atoms with Crippen LogP contribution in [-0.2, 0) is 9.53 Å². The number of carbonyl (C=O) groups excluding carboxylic acids is 2. The summed E-state index contributed by atoms with van der Waals surface area (Å²) in [5, 5.41) is 0.617. The summed E-state index contributed by atoms with van der Waals surface area (Å²) in [5.74, 6) is -2.02. The number of rotatable bonds is 6. The number of ether oxygens (including phenoxy) is 2. The lowest BCUT2D eigenvalue weighted by Gasteiger charge is -2.09. The van der Waals surface area contributed by atoms with Crippen LogP contribution >= 0.6 is 34.8 Å². The fraction of sp³-hybridized carbons (Fsp3) is 0.125. The number of hydrogen-bond donors (Lipinski definition) is 0. The van der Waals surface area contributed by atoms with Gasteiger partial charge in [-0.1, -0.05) is 46.9 Å². The van der Waals surface area contributed by atoms with Crippen molar-refractivity contribution in [2.75, 3.05) is 13.2 Å². The highest BCUT2D eigenvalue weighted by molar-refractivity contribution is 6.43. The van der Waals surface area contributed by atoms with E-state index in [1.54, 1.807) is 0 Å². The van der Waals surface area contributed by atoms with Gasteiger partial charge in [-0.05, 0) is 18.2 Å². The molecule has 126 valence electrons. The zero-order chi connectivity index (χ0) is 17.7. The minimum absolute atomic E-state index is 0.142. The standard InChI is InChI=1S/C16H10Cl3FO4/c17-10-5-12(19)15(6-11(10)18)23-8-16(22)24-7-14(21)9-3-1-2-4-13(9)20/h1-6H,7-8H2. The molecule has 0 aliphatic heterocycles. The molecule has 0 radical (unpaired) electrons. The second kappa shape index (κ2) is 8.33. The van der Waals surface area contributed by atoms with Gasteiger partial charge in [0, 0.05) is 6.07 Å². The molecule has 4 nitrogen and oxygen atoms in total. The Balaban J connectivity index is 1.87. The van der Waals surface area contributed by atoms with Crippen molar-refractivity contribution in [1.82, 2.24) is 0 Å². The molecule has 0 amide bonds. The normalized spacial score (nSPS) is 10.3. The zero-order valence-electron chi connectivity index (χ0n) is 12.0. The van der Waals surface area contributed by atoms with E-state index in [0.29, 0.717) is 0 Å². The highest BCUT2D eigenvalue weighted by Crippen LogP contribution is 2.33. The summed E-state index contributed by atoms with van der Waals surface area (Å²) in [4.78, 5) is 23.4. The average molecular weight is 392 g/mol. The van der Waals surface area contributed by atoms with Crippen molar-refractivity contribution in [3.63, 3.8) is 0 Å². The SMILES string of the molecule is O=C(COc1cc(Cl)c(Cl)cc1Cl)OCC(=O)c1ccccc1F. The Morgan fingerprint density at radius 2 is 1.62 bits per heavy atom. The van der Waals surface area contributed by atoms with E-state index >= 15 is 0 Å². The summed E-state index contributed by atoms with van der Waals surface area (Å²) in [6.07, 6.45) is 0. The van der Waals surface area contributed by atoms with Crippen LogP contribution in [0.5, 0.6) is 5.75 Å². The van der Waals surface area contributed by atoms with E-state index in [9.17, 15) is 14.0 Å². The zero-order valence-corrected chi connectivity index (χ0v) is 14.3. The van der Waals surface area contributed by atoms with Crippen molar-refractivity contribution in [3.05, 3.63) is 62.8 Å². The van der Waals surface area contributed by atoms with Crippen LogP contribution in [0.4, 0.5) is 4.39 Å². The number of Topliss-reactive ketones (excluding diaryl/α,β-unsaturated/α-hetero) is 1. The van der Waals surface area contributed by atoms with E-state index < -0.39 is 30.8 Å². The molecule has 0 saturated heterocycles.